The maximum atomic E-state index is 12.1. The molecule has 3 aromatic rings. The van der Waals surface area contributed by atoms with Crippen LogP contribution in [0.25, 0.3) is 11.5 Å². The molecule has 3 rings (SSSR count). The average molecular weight is 350 g/mol. The molecule has 0 saturated heterocycles. The first kappa shape index (κ1) is 17.3. The van der Waals surface area contributed by atoms with E-state index >= 15 is 0 Å². The van der Waals surface area contributed by atoms with Crippen molar-refractivity contribution in [1.29, 1.82) is 0 Å². The van der Waals surface area contributed by atoms with Crippen LogP contribution in [0.3, 0.4) is 0 Å². The molecule has 2 N–H and O–H groups in total. The lowest BCUT2D eigenvalue weighted by Crippen LogP contribution is -2.12. The topological polar surface area (TPSA) is 97.1 Å². The van der Waals surface area contributed by atoms with Crippen molar-refractivity contribution in [3.05, 3.63) is 60.5 Å². The van der Waals surface area contributed by atoms with Gasteiger partial charge in [0.1, 0.15) is 0 Å². The fourth-order valence-corrected chi connectivity index (χ4v) is 2.34. The number of rotatable bonds is 6. The Morgan fingerprint density at radius 3 is 2.23 bits per heavy atom. The van der Waals surface area contributed by atoms with Crippen LogP contribution < -0.4 is 10.6 Å². The van der Waals surface area contributed by atoms with Crippen LogP contribution in [-0.4, -0.2) is 22.0 Å². The molecule has 0 aliphatic carbocycles. The Morgan fingerprint density at radius 1 is 0.923 bits per heavy atom. The summed E-state index contributed by atoms with van der Waals surface area (Å²) in [5.41, 5.74) is 2.17. The minimum atomic E-state index is -0.156. The van der Waals surface area contributed by atoms with Crippen molar-refractivity contribution in [2.45, 2.75) is 19.8 Å². The van der Waals surface area contributed by atoms with Crippen molar-refractivity contribution < 1.29 is 14.0 Å². The highest BCUT2D eigenvalue weighted by Gasteiger charge is 2.10. The van der Waals surface area contributed by atoms with Gasteiger partial charge in [-0.2, -0.15) is 0 Å². The van der Waals surface area contributed by atoms with Gasteiger partial charge in [-0.05, 0) is 36.4 Å². The molecule has 2 aromatic carbocycles. The number of nitrogens with one attached hydrogen (secondary N) is 2. The Balaban J connectivity index is 1.51. The molecule has 0 bridgehead atoms. The van der Waals surface area contributed by atoms with Crippen LogP contribution in [-0.2, 0) is 16.0 Å². The van der Waals surface area contributed by atoms with Crippen molar-refractivity contribution in [1.82, 2.24) is 10.2 Å². The first-order chi connectivity index (χ1) is 12.6. The number of benzene rings is 2. The first-order valence-electron chi connectivity index (χ1n) is 8.15. The van der Waals surface area contributed by atoms with E-state index in [4.69, 9.17) is 4.42 Å². The maximum Gasteiger partial charge on any atom is 0.247 e. The lowest BCUT2D eigenvalue weighted by atomic mass is 10.2. The quantitative estimate of drug-likeness (QED) is 0.711. The average Bonchev–Trinajstić information content (AvgIpc) is 3.11. The van der Waals surface area contributed by atoms with Gasteiger partial charge in [-0.1, -0.05) is 18.2 Å². The van der Waals surface area contributed by atoms with Crippen molar-refractivity contribution >= 4 is 23.2 Å². The Bertz CT molecular complexity index is 889. The van der Waals surface area contributed by atoms with Gasteiger partial charge < -0.3 is 15.1 Å². The zero-order chi connectivity index (χ0) is 18.4. The summed E-state index contributed by atoms with van der Waals surface area (Å²) in [6, 6.07) is 16.4. The molecule has 0 aliphatic heterocycles. The fraction of sp³-hybridized carbons (Fsp3) is 0.158. The van der Waals surface area contributed by atoms with Crippen LogP contribution in [0.1, 0.15) is 19.2 Å². The number of aryl methyl sites for hydroxylation is 1. The summed E-state index contributed by atoms with van der Waals surface area (Å²) in [7, 11) is 0. The molecule has 1 aromatic heterocycles. The van der Waals surface area contributed by atoms with E-state index in [1.807, 2.05) is 30.3 Å². The smallest absolute Gasteiger partial charge is 0.247 e. The summed E-state index contributed by atoms with van der Waals surface area (Å²) in [5.74, 6) is 0.558. The molecule has 0 aliphatic rings. The SMILES string of the molecule is CC(=O)Nc1ccc(NC(=O)CCc2nnc(-c3ccccc3)o2)cc1. The number of carbonyl (C=O) groups excluding carboxylic acids is 2. The monoisotopic (exact) mass is 350 g/mol. The molecule has 2 amide bonds. The normalized spacial score (nSPS) is 10.3. The summed E-state index contributed by atoms with van der Waals surface area (Å²) >= 11 is 0. The predicted octanol–water partition coefficient (Wildman–Crippen LogP) is 3.27. The third-order valence-corrected chi connectivity index (χ3v) is 3.54. The molecule has 0 unspecified atom stereocenters. The van der Waals surface area contributed by atoms with Crippen molar-refractivity contribution in [3.63, 3.8) is 0 Å². The Labute approximate surface area is 150 Å². The molecular weight excluding hydrogens is 332 g/mol. The molecule has 0 atom stereocenters. The highest BCUT2D eigenvalue weighted by atomic mass is 16.4. The second-order valence-corrected chi connectivity index (χ2v) is 5.67. The van der Waals surface area contributed by atoms with E-state index in [9.17, 15) is 9.59 Å². The van der Waals surface area contributed by atoms with Gasteiger partial charge in [0.15, 0.2) is 0 Å². The highest BCUT2D eigenvalue weighted by molar-refractivity contribution is 5.92. The van der Waals surface area contributed by atoms with Crippen LogP contribution in [0.15, 0.2) is 59.0 Å². The van der Waals surface area contributed by atoms with E-state index in [2.05, 4.69) is 20.8 Å². The van der Waals surface area contributed by atoms with E-state index in [1.54, 1.807) is 24.3 Å². The number of nitrogens with zero attached hydrogens (tertiary/aromatic N) is 2. The summed E-state index contributed by atoms with van der Waals surface area (Å²) < 4.78 is 5.58. The third kappa shape index (κ3) is 4.76. The minimum absolute atomic E-state index is 0.142. The van der Waals surface area contributed by atoms with E-state index in [0.29, 0.717) is 29.6 Å². The Hall–Kier alpha value is -3.48. The van der Waals surface area contributed by atoms with E-state index in [-0.39, 0.29) is 18.2 Å². The third-order valence-electron chi connectivity index (χ3n) is 3.54. The van der Waals surface area contributed by atoms with Crippen LogP contribution in [0, 0.1) is 0 Å². The van der Waals surface area contributed by atoms with E-state index in [1.165, 1.54) is 6.92 Å². The zero-order valence-electron chi connectivity index (χ0n) is 14.2. The minimum Gasteiger partial charge on any atom is -0.421 e. The molecule has 0 spiro atoms. The summed E-state index contributed by atoms with van der Waals surface area (Å²) in [4.78, 5) is 23.0. The second kappa shape index (κ2) is 8.06. The first-order valence-corrected chi connectivity index (χ1v) is 8.15. The Kier molecular flexibility index (Phi) is 5.38. The molecule has 0 radical (unpaired) electrons. The molecule has 0 saturated carbocycles. The van der Waals surface area contributed by atoms with Crippen LogP contribution in [0.4, 0.5) is 11.4 Å². The number of aromatic nitrogens is 2. The second-order valence-electron chi connectivity index (χ2n) is 5.67. The fourth-order valence-electron chi connectivity index (χ4n) is 2.34. The highest BCUT2D eigenvalue weighted by Crippen LogP contribution is 2.18. The van der Waals surface area contributed by atoms with E-state index in [0.717, 1.165) is 5.56 Å². The van der Waals surface area contributed by atoms with Gasteiger partial charge >= 0.3 is 0 Å². The number of hydrogen-bond acceptors (Lipinski definition) is 5. The molecule has 132 valence electrons. The number of anilines is 2. The van der Waals surface area contributed by atoms with Gasteiger partial charge in [0.05, 0.1) is 0 Å². The lowest BCUT2D eigenvalue weighted by molar-refractivity contribution is -0.116. The number of hydrogen-bond donors (Lipinski definition) is 2. The summed E-state index contributed by atoms with van der Waals surface area (Å²) in [6.07, 6.45) is 0.583. The predicted molar refractivity (Wildman–Crippen MR) is 97.4 cm³/mol. The van der Waals surface area contributed by atoms with Crippen LogP contribution in [0.2, 0.25) is 0 Å². The van der Waals surface area contributed by atoms with Gasteiger partial charge in [0.2, 0.25) is 23.6 Å². The van der Waals surface area contributed by atoms with E-state index < -0.39 is 0 Å². The van der Waals surface area contributed by atoms with Gasteiger partial charge in [0.25, 0.3) is 0 Å². The van der Waals surface area contributed by atoms with Gasteiger partial charge in [-0.15, -0.1) is 10.2 Å². The van der Waals surface area contributed by atoms with Crippen LogP contribution >= 0.6 is 0 Å². The molecule has 0 fully saturated rings. The summed E-state index contributed by atoms with van der Waals surface area (Å²) in [5, 5.41) is 13.4. The molecule has 26 heavy (non-hydrogen) atoms. The molecule has 7 nitrogen and oxygen atoms in total. The van der Waals surface area contributed by atoms with Gasteiger partial charge in [0, 0.05) is 36.7 Å². The number of carbonyl (C=O) groups is 2. The van der Waals surface area contributed by atoms with Crippen molar-refractivity contribution in [2.24, 2.45) is 0 Å². The summed E-state index contributed by atoms with van der Waals surface area (Å²) in [6.45, 7) is 1.44. The largest absolute Gasteiger partial charge is 0.421 e. The maximum absolute atomic E-state index is 12.1. The lowest BCUT2D eigenvalue weighted by Gasteiger charge is -2.06. The van der Waals surface area contributed by atoms with Crippen molar-refractivity contribution in [3.8, 4) is 11.5 Å². The zero-order valence-corrected chi connectivity index (χ0v) is 14.2. The Morgan fingerprint density at radius 2 is 1.58 bits per heavy atom. The number of amides is 2. The van der Waals surface area contributed by atoms with Gasteiger partial charge in [-0.25, -0.2) is 0 Å². The van der Waals surface area contributed by atoms with Gasteiger partial charge in [-0.3, -0.25) is 9.59 Å². The van der Waals surface area contributed by atoms with Crippen molar-refractivity contribution in [2.75, 3.05) is 10.6 Å². The molecule has 1 heterocycles. The standard InChI is InChI=1S/C19H18N4O3/c1-13(24)20-15-7-9-16(10-8-15)21-17(25)11-12-18-22-23-19(26-18)14-5-3-2-4-6-14/h2-10H,11-12H2,1H3,(H,20,24)(H,21,25). The molecule has 7 heteroatoms. The molecular formula is C19H18N4O3. The van der Waals surface area contributed by atoms with Crippen LogP contribution in [0.5, 0.6) is 0 Å².